The summed E-state index contributed by atoms with van der Waals surface area (Å²) in [5, 5.41) is 3.91. The van der Waals surface area contributed by atoms with Crippen LogP contribution >= 0.6 is 0 Å². The zero-order chi connectivity index (χ0) is 17.4. The van der Waals surface area contributed by atoms with Crippen molar-refractivity contribution in [1.82, 2.24) is 10.4 Å². The van der Waals surface area contributed by atoms with E-state index in [1.54, 1.807) is 12.4 Å². The monoisotopic (exact) mass is 341 g/mol. The summed E-state index contributed by atoms with van der Waals surface area (Å²) in [6.45, 7) is 7.15. The van der Waals surface area contributed by atoms with E-state index < -0.39 is 14.2 Å². The molecule has 1 heterocycles. The highest BCUT2D eigenvalue weighted by atomic mass is 28.3. The Morgan fingerprint density at radius 1 is 1.21 bits per heavy atom. The van der Waals surface area contributed by atoms with Crippen molar-refractivity contribution in [3.8, 4) is 11.3 Å². The number of benzene rings is 1. The van der Waals surface area contributed by atoms with Crippen molar-refractivity contribution < 1.29 is 9.53 Å². The van der Waals surface area contributed by atoms with Gasteiger partial charge in [-0.1, -0.05) is 30.3 Å². The fourth-order valence-electron chi connectivity index (χ4n) is 1.92. The summed E-state index contributed by atoms with van der Waals surface area (Å²) < 4.78 is 5.10. The van der Waals surface area contributed by atoms with E-state index in [2.05, 4.69) is 35.2 Å². The number of hydrogen-bond acceptors (Lipinski definition) is 4. The molecule has 1 aromatic heterocycles. The van der Waals surface area contributed by atoms with Crippen molar-refractivity contribution in [2.24, 2.45) is 5.10 Å². The number of rotatable bonds is 6. The lowest BCUT2D eigenvalue weighted by molar-refractivity contribution is 0.152. The Kier molecular flexibility index (Phi) is 6.26. The number of hydrogen-bond donors (Lipinski definition) is 1. The summed E-state index contributed by atoms with van der Waals surface area (Å²) in [5.41, 5.74) is 5.22. The van der Waals surface area contributed by atoms with E-state index in [1.165, 1.54) is 0 Å². The molecule has 6 heteroatoms. The summed E-state index contributed by atoms with van der Waals surface area (Å²) in [5.74, 6) is 0. The van der Waals surface area contributed by atoms with Crippen LogP contribution in [0.4, 0.5) is 4.79 Å². The summed E-state index contributed by atoms with van der Waals surface area (Å²) in [6.07, 6.45) is 2.83. The van der Waals surface area contributed by atoms with Gasteiger partial charge in [-0.05, 0) is 17.7 Å². The molecule has 24 heavy (non-hydrogen) atoms. The highest BCUT2D eigenvalue weighted by Crippen LogP contribution is 2.16. The maximum Gasteiger partial charge on any atom is 0.427 e. The van der Waals surface area contributed by atoms with Gasteiger partial charge >= 0.3 is 6.09 Å². The number of amides is 1. The third kappa shape index (κ3) is 6.34. The van der Waals surface area contributed by atoms with Crippen LogP contribution in [0, 0.1) is 0 Å². The highest BCUT2D eigenvalue weighted by molar-refractivity contribution is 6.76. The second-order valence-corrected chi connectivity index (χ2v) is 12.3. The van der Waals surface area contributed by atoms with Crippen molar-refractivity contribution >= 4 is 20.4 Å². The van der Waals surface area contributed by atoms with Gasteiger partial charge in [0.15, 0.2) is 0 Å². The molecule has 127 valence electrons. The fourth-order valence-corrected chi connectivity index (χ4v) is 2.63. The van der Waals surface area contributed by atoms with Crippen molar-refractivity contribution in [2.45, 2.75) is 25.7 Å². The molecule has 0 aliphatic rings. The molecule has 0 saturated heterocycles. The summed E-state index contributed by atoms with van der Waals surface area (Å²) >= 11 is 0. The number of pyridine rings is 1. The maximum atomic E-state index is 11.5. The number of hydrazone groups is 1. The highest BCUT2D eigenvalue weighted by Gasteiger charge is 2.04. The van der Waals surface area contributed by atoms with Crippen molar-refractivity contribution in [3.05, 3.63) is 54.2 Å². The molecule has 0 bridgehead atoms. The largest absolute Gasteiger partial charge is 0.451 e. The van der Waals surface area contributed by atoms with Crippen molar-refractivity contribution in [2.75, 3.05) is 6.61 Å². The zero-order valence-corrected chi connectivity index (χ0v) is 15.3. The van der Waals surface area contributed by atoms with Crippen LogP contribution in [0.1, 0.15) is 5.56 Å². The quantitative estimate of drug-likeness (QED) is 0.488. The topological polar surface area (TPSA) is 63.6 Å². The average molecular weight is 341 g/mol. The van der Waals surface area contributed by atoms with E-state index in [4.69, 9.17) is 4.74 Å². The van der Waals surface area contributed by atoms with E-state index in [9.17, 15) is 4.79 Å². The second kappa shape index (κ2) is 8.40. The molecular weight excluding hydrogens is 318 g/mol. The Bertz CT molecular complexity index is 680. The van der Waals surface area contributed by atoms with E-state index in [-0.39, 0.29) is 0 Å². The molecule has 2 aromatic rings. The molecule has 1 N–H and O–H groups in total. The molecule has 0 fully saturated rings. The van der Waals surface area contributed by atoms with Crippen LogP contribution < -0.4 is 5.43 Å². The summed E-state index contributed by atoms with van der Waals surface area (Å²) in [6, 6.07) is 14.5. The molecule has 0 aliphatic heterocycles. The molecule has 0 atom stereocenters. The van der Waals surface area contributed by atoms with Gasteiger partial charge in [0.05, 0.1) is 18.5 Å². The summed E-state index contributed by atoms with van der Waals surface area (Å²) in [7, 11) is -1.19. The van der Waals surface area contributed by atoms with E-state index >= 15 is 0 Å². The van der Waals surface area contributed by atoms with E-state index in [0.717, 1.165) is 22.9 Å². The van der Waals surface area contributed by atoms with Gasteiger partial charge in [0.25, 0.3) is 0 Å². The lowest BCUT2D eigenvalue weighted by Gasteiger charge is -2.26. The van der Waals surface area contributed by atoms with Gasteiger partial charge in [-0.3, -0.25) is 4.98 Å². The van der Waals surface area contributed by atoms with Gasteiger partial charge in [-0.25, -0.2) is 10.2 Å². The second-order valence-electron chi connectivity index (χ2n) is 6.65. The number of ether oxygens (including phenoxy) is 1. The lowest BCUT2D eigenvalue weighted by atomic mass is 10.1. The smallest absolute Gasteiger partial charge is 0.427 e. The number of carbonyl (C=O) groups excluding carboxylic acids is 1. The van der Waals surface area contributed by atoms with E-state index in [0.29, 0.717) is 6.61 Å². The number of carbonyl (C=O) groups is 1. The maximum absolute atomic E-state index is 11.5. The first kappa shape index (κ1) is 17.9. The molecule has 0 saturated carbocycles. The van der Waals surface area contributed by atoms with Crippen LogP contribution in [0.3, 0.4) is 0 Å². The van der Waals surface area contributed by atoms with Gasteiger partial charge in [0.2, 0.25) is 0 Å². The molecule has 2 rings (SSSR count). The lowest BCUT2D eigenvalue weighted by Crippen LogP contribution is -2.25. The Balaban J connectivity index is 1.81. The molecule has 1 aromatic carbocycles. The first-order valence-corrected chi connectivity index (χ1v) is 11.6. The molecular formula is C18H23N3O2Si-. The third-order valence-corrected chi connectivity index (χ3v) is 5.03. The molecule has 0 aliphatic carbocycles. The van der Waals surface area contributed by atoms with Gasteiger partial charge in [-0.15, -0.1) is 14.1 Å². The predicted octanol–water partition coefficient (Wildman–Crippen LogP) is 4.15. The van der Waals surface area contributed by atoms with Gasteiger partial charge in [0.1, 0.15) is 0 Å². The Hall–Kier alpha value is -2.47. The minimum Gasteiger partial charge on any atom is -0.451 e. The fraction of sp³-hybridized carbons (Fsp3) is 0.278. The van der Waals surface area contributed by atoms with Crippen LogP contribution in [0.5, 0.6) is 0 Å². The van der Waals surface area contributed by atoms with Gasteiger partial charge in [-0.2, -0.15) is 24.7 Å². The minimum atomic E-state index is -1.19. The summed E-state index contributed by atoms with van der Waals surface area (Å²) in [4.78, 5) is 15.8. The SMILES string of the molecule is C[Si-](C)(C)CCOC(=O)N/N=C/c1ccc(-c2ccccn2)cc1. The standard InChI is InChI=1S/C18H23N3O2Si/c1-24(2,3)13-12-23-18(22)21-20-14-15-7-9-16(10-8-15)17-6-4-5-11-19-17/h4-11,14H,12-13H2,1-3H3,(H,21,22)/q-1/b20-14+. The minimum absolute atomic E-state index is 0.440. The van der Waals surface area contributed by atoms with Crippen LogP contribution in [-0.4, -0.2) is 32.0 Å². The van der Waals surface area contributed by atoms with E-state index in [1.807, 2.05) is 42.5 Å². The van der Waals surface area contributed by atoms with Gasteiger partial charge in [0, 0.05) is 11.8 Å². The van der Waals surface area contributed by atoms with Crippen molar-refractivity contribution in [3.63, 3.8) is 0 Å². The molecule has 0 spiro atoms. The third-order valence-electron chi connectivity index (χ3n) is 3.33. The van der Waals surface area contributed by atoms with Gasteiger partial charge < -0.3 is 4.74 Å². The average Bonchev–Trinajstić information content (AvgIpc) is 2.55. The number of aromatic nitrogens is 1. The predicted molar refractivity (Wildman–Crippen MR) is 99.9 cm³/mol. The van der Waals surface area contributed by atoms with Crippen molar-refractivity contribution in [1.29, 1.82) is 0 Å². The van der Waals surface area contributed by atoms with Crippen LogP contribution in [0.15, 0.2) is 53.8 Å². The Morgan fingerprint density at radius 2 is 1.96 bits per heavy atom. The molecule has 0 unspecified atom stereocenters. The zero-order valence-electron chi connectivity index (χ0n) is 14.3. The molecule has 0 radical (unpaired) electrons. The van der Waals surface area contributed by atoms with Crippen LogP contribution in [0.25, 0.3) is 11.3 Å². The Morgan fingerprint density at radius 3 is 2.58 bits per heavy atom. The van der Waals surface area contributed by atoms with Crippen LogP contribution in [-0.2, 0) is 4.74 Å². The number of nitrogens with one attached hydrogen (secondary N) is 1. The number of nitrogens with zero attached hydrogens (tertiary/aromatic N) is 2. The van der Waals surface area contributed by atoms with Crippen LogP contribution in [0.2, 0.25) is 25.7 Å². The molecule has 5 nitrogen and oxygen atoms in total. The first-order chi connectivity index (χ1) is 11.4. The molecule has 1 amide bonds. The first-order valence-electron chi connectivity index (χ1n) is 7.91. The normalized spacial score (nSPS) is 11.5. The Labute approximate surface area is 143 Å².